The molecule has 2 nitrogen and oxygen atoms in total. The Morgan fingerprint density at radius 1 is 1.32 bits per heavy atom. The SMILES string of the molecule is CCCNCC1(OCC(C)CCC)CCCC(C)C1. The van der Waals surface area contributed by atoms with Crippen LogP contribution in [0.15, 0.2) is 0 Å². The fourth-order valence-electron chi connectivity index (χ4n) is 3.34. The van der Waals surface area contributed by atoms with Gasteiger partial charge in [-0.1, -0.05) is 47.0 Å². The van der Waals surface area contributed by atoms with Crippen molar-refractivity contribution in [3.63, 3.8) is 0 Å². The molecule has 0 radical (unpaired) electrons. The van der Waals surface area contributed by atoms with E-state index >= 15 is 0 Å². The van der Waals surface area contributed by atoms with Crippen molar-refractivity contribution >= 4 is 0 Å². The standard InChI is InChI=1S/C17H35NO/c1-5-8-16(4)13-19-17(14-18-11-6-2)10-7-9-15(3)12-17/h15-16,18H,5-14H2,1-4H3. The van der Waals surface area contributed by atoms with Gasteiger partial charge >= 0.3 is 0 Å². The highest BCUT2D eigenvalue weighted by atomic mass is 16.5. The third-order valence-electron chi connectivity index (χ3n) is 4.38. The van der Waals surface area contributed by atoms with Crippen LogP contribution in [0.2, 0.25) is 0 Å². The van der Waals surface area contributed by atoms with Crippen LogP contribution in [-0.2, 0) is 4.74 Å². The summed E-state index contributed by atoms with van der Waals surface area (Å²) in [7, 11) is 0. The van der Waals surface area contributed by atoms with E-state index in [1.165, 1.54) is 44.9 Å². The van der Waals surface area contributed by atoms with E-state index in [1.807, 2.05) is 0 Å². The summed E-state index contributed by atoms with van der Waals surface area (Å²) in [6, 6.07) is 0. The predicted octanol–water partition coefficient (Wildman–Crippen LogP) is 4.39. The van der Waals surface area contributed by atoms with Gasteiger partial charge in [-0.2, -0.15) is 0 Å². The monoisotopic (exact) mass is 269 g/mol. The average Bonchev–Trinajstić information content (AvgIpc) is 2.37. The molecule has 1 aliphatic carbocycles. The van der Waals surface area contributed by atoms with Crippen molar-refractivity contribution in [1.82, 2.24) is 5.32 Å². The first-order valence-corrected chi connectivity index (χ1v) is 8.46. The summed E-state index contributed by atoms with van der Waals surface area (Å²) < 4.78 is 6.44. The lowest BCUT2D eigenvalue weighted by Gasteiger charge is -2.41. The second-order valence-electron chi connectivity index (χ2n) is 6.77. The Morgan fingerprint density at radius 3 is 2.74 bits per heavy atom. The van der Waals surface area contributed by atoms with E-state index in [0.29, 0.717) is 5.92 Å². The fraction of sp³-hybridized carbons (Fsp3) is 1.00. The molecule has 0 aromatic heterocycles. The molecule has 19 heavy (non-hydrogen) atoms. The second kappa shape index (κ2) is 8.97. The third kappa shape index (κ3) is 6.27. The summed E-state index contributed by atoms with van der Waals surface area (Å²) in [5.74, 6) is 1.52. The summed E-state index contributed by atoms with van der Waals surface area (Å²) in [4.78, 5) is 0. The van der Waals surface area contributed by atoms with Crippen LogP contribution in [0.25, 0.3) is 0 Å². The highest BCUT2D eigenvalue weighted by Gasteiger charge is 2.35. The molecule has 2 heteroatoms. The van der Waals surface area contributed by atoms with Crippen molar-refractivity contribution < 1.29 is 4.74 Å². The van der Waals surface area contributed by atoms with Crippen LogP contribution in [-0.4, -0.2) is 25.3 Å². The second-order valence-corrected chi connectivity index (χ2v) is 6.77. The Balaban J connectivity index is 2.48. The van der Waals surface area contributed by atoms with E-state index in [4.69, 9.17) is 4.74 Å². The van der Waals surface area contributed by atoms with E-state index in [9.17, 15) is 0 Å². The van der Waals surface area contributed by atoms with Crippen molar-refractivity contribution in [2.45, 2.75) is 78.2 Å². The van der Waals surface area contributed by atoms with Gasteiger partial charge in [-0.05, 0) is 44.1 Å². The van der Waals surface area contributed by atoms with Crippen LogP contribution in [0, 0.1) is 11.8 Å². The molecule has 0 heterocycles. The largest absolute Gasteiger partial charge is 0.373 e. The summed E-state index contributed by atoms with van der Waals surface area (Å²) in [6.45, 7) is 12.3. The Kier molecular flexibility index (Phi) is 8.01. The minimum Gasteiger partial charge on any atom is -0.373 e. The van der Waals surface area contributed by atoms with Gasteiger partial charge in [0, 0.05) is 13.2 Å². The van der Waals surface area contributed by atoms with Gasteiger partial charge in [-0.3, -0.25) is 0 Å². The van der Waals surface area contributed by atoms with Crippen LogP contribution in [0.4, 0.5) is 0 Å². The smallest absolute Gasteiger partial charge is 0.0808 e. The molecular weight excluding hydrogens is 234 g/mol. The van der Waals surface area contributed by atoms with Crippen LogP contribution in [0.3, 0.4) is 0 Å². The van der Waals surface area contributed by atoms with Gasteiger partial charge in [-0.25, -0.2) is 0 Å². The van der Waals surface area contributed by atoms with Gasteiger partial charge in [-0.15, -0.1) is 0 Å². The topological polar surface area (TPSA) is 21.3 Å². The molecule has 3 unspecified atom stereocenters. The number of hydrogen-bond donors (Lipinski definition) is 1. The molecule has 0 saturated heterocycles. The number of rotatable bonds is 9. The van der Waals surface area contributed by atoms with E-state index in [-0.39, 0.29) is 5.60 Å². The molecule has 1 saturated carbocycles. The molecule has 3 atom stereocenters. The zero-order valence-corrected chi connectivity index (χ0v) is 13.6. The molecule has 1 N–H and O–H groups in total. The van der Waals surface area contributed by atoms with E-state index in [0.717, 1.165) is 25.6 Å². The van der Waals surface area contributed by atoms with E-state index in [2.05, 4.69) is 33.0 Å². The van der Waals surface area contributed by atoms with Gasteiger partial charge in [0.15, 0.2) is 0 Å². The zero-order valence-electron chi connectivity index (χ0n) is 13.6. The first-order valence-electron chi connectivity index (χ1n) is 8.46. The first-order chi connectivity index (χ1) is 9.12. The molecule has 0 aliphatic heterocycles. The maximum Gasteiger partial charge on any atom is 0.0808 e. The summed E-state index contributed by atoms with van der Waals surface area (Å²) >= 11 is 0. The van der Waals surface area contributed by atoms with Gasteiger partial charge in [0.05, 0.1) is 5.60 Å². The van der Waals surface area contributed by atoms with Gasteiger partial charge in [0.1, 0.15) is 0 Å². The summed E-state index contributed by atoms with van der Waals surface area (Å²) in [6.07, 6.45) is 8.95. The van der Waals surface area contributed by atoms with E-state index < -0.39 is 0 Å². The highest BCUT2D eigenvalue weighted by molar-refractivity contribution is 4.89. The van der Waals surface area contributed by atoms with Crippen LogP contribution >= 0.6 is 0 Å². The van der Waals surface area contributed by atoms with Crippen molar-refractivity contribution in [2.75, 3.05) is 19.7 Å². The molecule has 1 aliphatic rings. The maximum atomic E-state index is 6.44. The number of ether oxygens (including phenoxy) is 1. The molecule has 0 bridgehead atoms. The minimum atomic E-state index is 0.120. The minimum absolute atomic E-state index is 0.120. The molecule has 1 rings (SSSR count). The first kappa shape index (κ1) is 17.0. The normalized spacial score (nSPS) is 29.4. The lowest BCUT2D eigenvalue weighted by molar-refractivity contribution is -0.0904. The Bertz CT molecular complexity index is 231. The Hall–Kier alpha value is -0.0800. The lowest BCUT2D eigenvalue weighted by atomic mass is 9.78. The predicted molar refractivity (Wildman–Crippen MR) is 83.5 cm³/mol. The maximum absolute atomic E-state index is 6.44. The quantitative estimate of drug-likeness (QED) is 0.627. The summed E-state index contributed by atoms with van der Waals surface area (Å²) in [5.41, 5.74) is 0.120. The zero-order chi connectivity index (χ0) is 14.1. The molecule has 114 valence electrons. The van der Waals surface area contributed by atoms with Crippen LogP contribution in [0.5, 0.6) is 0 Å². The molecular formula is C17H35NO. The molecule has 0 spiro atoms. The fourth-order valence-corrected chi connectivity index (χ4v) is 3.34. The molecule has 0 amide bonds. The van der Waals surface area contributed by atoms with Crippen molar-refractivity contribution in [3.05, 3.63) is 0 Å². The van der Waals surface area contributed by atoms with Crippen LogP contribution < -0.4 is 5.32 Å². The number of hydrogen-bond acceptors (Lipinski definition) is 2. The van der Waals surface area contributed by atoms with Gasteiger partial charge in [0.2, 0.25) is 0 Å². The Labute approximate surface area is 120 Å². The highest BCUT2D eigenvalue weighted by Crippen LogP contribution is 2.35. The summed E-state index contributed by atoms with van der Waals surface area (Å²) in [5, 5.41) is 3.60. The average molecular weight is 269 g/mol. The molecule has 1 fully saturated rings. The van der Waals surface area contributed by atoms with Crippen molar-refractivity contribution in [1.29, 1.82) is 0 Å². The van der Waals surface area contributed by atoms with Gasteiger partial charge in [0.25, 0.3) is 0 Å². The number of nitrogens with one attached hydrogen (secondary N) is 1. The molecule has 0 aromatic rings. The van der Waals surface area contributed by atoms with Crippen LogP contribution in [0.1, 0.15) is 72.6 Å². The van der Waals surface area contributed by atoms with Gasteiger partial charge < -0.3 is 10.1 Å². The van der Waals surface area contributed by atoms with Crippen molar-refractivity contribution in [3.8, 4) is 0 Å². The lowest BCUT2D eigenvalue weighted by Crippen LogP contribution is -2.47. The Morgan fingerprint density at radius 2 is 2.11 bits per heavy atom. The van der Waals surface area contributed by atoms with E-state index in [1.54, 1.807) is 0 Å². The molecule has 0 aromatic carbocycles. The van der Waals surface area contributed by atoms with Crippen molar-refractivity contribution in [2.24, 2.45) is 11.8 Å². The third-order valence-corrected chi connectivity index (χ3v) is 4.38.